The first-order valence-electron chi connectivity index (χ1n) is 8.91. The minimum absolute atomic E-state index is 0.252. The zero-order valence-electron chi connectivity index (χ0n) is 15.1. The lowest BCUT2D eigenvalue weighted by atomic mass is 9.86. The molecule has 1 heteroatoms. The summed E-state index contributed by atoms with van der Waals surface area (Å²) in [6, 6.07) is 17.9. The predicted molar refractivity (Wildman–Crippen MR) is 104 cm³/mol. The zero-order valence-corrected chi connectivity index (χ0v) is 15.1. The van der Waals surface area contributed by atoms with Gasteiger partial charge in [0, 0.05) is 5.70 Å². The van der Waals surface area contributed by atoms with Crippen molar-refractivity contribution in [1.82, 2.24) is 5.32 Å². The smallest absolute Gasteiger partial charge is 0.0703 e. The van der Waals surface area contributed by atoms with Crippen molar-refractivity contribution in [3.05, 3.63) is 83.1 Å². The van der Waals surface area contributed by atoms with Crippen LogP contribution in [0, 0.1) is 0 Å². The molecule has 24 heavy (non-hydrogen) atoms. The number of benzene rings is 2. The lowest BCUT2D eigenvalue weighted by Crippen LogP contribution is -2.22. The maximum Gasteiger partial charge on any atom is 0.0703 e. The molecular weight excluding hydrogens is 290 g/mol. The van der Waals surface area contributed by atoms with Crippen LogP contribution in [0.2, 0.25) is 0 Å². The standard InChI is InChI=1S/C23H27N/c1-5-17(3)21-12-11-20(19-9-7-6-8-10-19)15-22(21)23-14-16(2)13-18(4)24-23/h6-15,17,23-24H,5H2,1-4H3/t17-,23?/m0/s1. The number of allylic oxidation sites excluding steroid dienone is 3. The van der Waals surface area contributed by atoms with Gasteiger partial charge in [-0.2, -0.15) is 0 Å². The lowest BCUT2D eigenvalue weighted by molar-refractivity contribution is 0.661. The molecule has 2 atom stereocenters. The van der Waals surface area contributed by atoms with E-state index in [1.165, 1.54) is 33.5 Å². The van der Waals surface area contributed by atoms with Crippen LogP contribution in [0.4, 0.5) is 0 Å². The van der Waals surface area contributed by atoms with Crippen molar-refractivity contribution in [1.29, 1.82) is 0 Å². The molecule has 0 radical (unpaired) electrons. The monoisotopic (exact) mass is 317 g/mol. The van der Waals surface area contributed by atoms with E-state index in [1.54, 1.807) is 0 Å². The predicted octanol–water partition coefficient (Wildman–Crippen LogP) is 6.36. The molecule has 0 amide bonds. The molecule has 0 spiro atoms. The summed E-state index contributed by atoms with van der Waals surface area (Å²) in [7, 11) is 0. The van der Waals surface area contributed by atoms with Crippen LogP contribution in [-0.2, 0) is 0 Å². The van der Waals surface area contributed by atoms with Crippen molar-refractivity contribution in [3.63, 3.8) is 0 Å². The van der Waals surface area contributed by atoms with Gasteiger partial charge in [0.1, 0.15) is 0 Å². The minimum Gasteiger partial charge on any atom is -0.378 e. The van der Waals surface area contributed by atoms with Crippen LogP contribution in [0.3, 0.4) is 0 Å². The van der Waals surface area contributed by atoms with E-state index in [2.05, 4.69) is 93.7 Å². The third-order valence-electron chi connectivity index (χ3n) is 4.93. The van der Waals surface area contributed by atoms with E-state index >= 15 is 0 Å². The molecule has 0 aromatic heterocycles. The Morgan fingerprint density at radius 1 is 1.00 bits per heavy atom. The van der Waals surface area contributed by atoms with E-state index < -0.39 is 0 Å². The first-order chi connectivity index (χ1) is 11.6. The second-order valence-corrected chi connectivity index (χ2v) is 6.88. The van der Waals surface area contributed by atoms with Gasteiger partial charge < -0.3 is 5.32 Å². The second kappa shape index (κ2) is 7.09. The van der Waals surface area contributed by atoms with Gasteiger partial charge in [0.05, 0.1) is 6.04 Å². The van der Waals surface area contributed by atoms with Gasteiger partial charge in [-0.05, 0) is 60.6 Å². The Bertz CT molecular complexity index is 768. The SMILES string of the molecule is CC[C@H](C)c1ccc(-c2ccccc2)cc1C1C=C(C)C=C(C)N1. The summed E-state index contributed by atoms with van der Waals surface area (Å²) >= 11 is 0. The Morgan fingerprint density at radius 3 is 2.42 bits per heavy atom. The van der Waals surface area contributed by atoms with Crippen LogP contribution in [0.15, 0.2) is 72.0 Å². The van der Waals surface area contributed by atoms with Crippen molar-refractivity contribution in [3.8, 4) is 11.1 Å². The first kappa shape index (κ1) is 16.6. The molecule has 1 nitrogen and oxygen atoms in total. The van der Waals surface area contributed by atoms with E-state index in [0.717, 1.165) is 6.42 Å². The molecule has 3 rings (SSSR count). The molecule has 2 aromatic rings. The van der Waals surface area contributed by atoms with Crippen LogP contribution in [0.25, 0.3) is 11.1 Å². The van der Waals surface area contributed by atoms with E-state index in [1.807, 2.05) is 0 Å². The summed E-state index contributed by atoms with van der Waals surface area (Å²) < 4.78 is 0. The Kier molecular flexibility index (Phi) is 4.89. The van der Waals surface area contributed by atoms with E-state index in [4.69, 9.17) is 0 Å². The summed E-state index contributed by atoms with van der Waals surface area (Å²) in [4.78, 5) is 0. The van der Waals surface area contributed by atoms with Gasteiger partial charge in [-0.3, -0.25) is 0 Å². The number of hydrogen-bond donors (Lipinski definition) is 1. The van der Waals surface area contributed by atoms with Crippen LogP contribution in [0.1, 0.15) is 57.2 Å². The van der Waals surface area contributed by atoms with E-state index in [9.17, 15) is 0 Å². The number of dihydropyridines is 1. The maximum absolute atomic E-state index is 3.65. The summed E-state index contributed by atoms with van der Waals surface area (Å²) in [5.41, 5.74) is 7.98. The van der Waals surface area contributed by atoms with Gasteiger partial charge in [0.25, 0.3) is 0 Å². The van der Waals surface area contributed by atoms with Gasteiger partial charge in [0.2, 0.25) is 0 Å². The summed E-state index contributed by atoms with van der Waals surface area (Å²) in [6.45, 7) is 8.91. The summed E-state index contributed by atoms with van der Waals surface area (Å²) in [6.07, 6.45) is 5.70. The average Bonchev–Trinajstić information content (AvgIpc) is 2.60. The van der Waals surface area contributed by atoms with Crippen molar-refractivity contribution >= 4 is 0 Å². The first-order valence-corrected chi connectivity index (χ1v) is 8.91. The number of nitrogens with one attached hydrogen (secondary N) is 1. The van der Waals surface area contributed by atoms with Crippen LogP contribution >= 0.6 is 0 Å². The Labute approximate surface area is 146 Å². The summed E-state index contributed by atoms with van der Waals surface area (Å²) in [5.74, 6) is 0.562. The van der Waals surface area contributed by atoms with Gasteiger partial charge in [-0.15, -0.1) is 0 Å². The fraction of sp³-hybridized carbons (Fsp3) is 0.304. The van der Waals surface area contributed by atoms with E-state index in [0.29, 0.717) is 5.92 Å². The Morgan fingerprint density at radius 2 is 1.75 bits per heavy atom. The lowest BCUT2D eigenvalue weighted by Gasteiger charge is -2.27. The molecule has 1 aliphatic heterocycles. The molecular formula is C23H27N. The largest absolute Gasteiger partial charge is 0.378 e. The third-order valence-corrected chi connectivity index (χ3v) is 4.93. The highest BCUT2D eigenvalue weighted by atomic mass is 14.9. The number of rotatable bonds is 4. The van der Waals surface area contributed by atoms with Gasteiger partial charge >= 0.3 is 0 Å². The quantitative estimate of drug-likeness (QED) is 0.691. The van der Waals surface area contributed by atoms with Crippen LogP contribution < -0.4 is 5.32 Å². The molecule has 0 saturated heterocycles. The molecule has 1 aliphatic rings. The highest BCUT2D eigenvalue weighted by molar-refractivity contribution is 5.65. The molecule has 0 bridgehead atoms. The number of hydrogen-bond acceptors (Lipinski definition) is 1. The Balaban J connectivity index is 2.09. The van der Waals surface area contributed by atoms with Crippen molar-refractivity contribution in [2.24, 2.45) is 0 Å². The van der Waals surface area contributed by atoms with Gasteiger partial charge in [-0.25, -0.2) is 0 Å². The van der Waals surface area contributed by atoms with Crippen molar-refractivity contribution in [2.75, 3.05) is 0 Å². The highest BCUT2D eigenvalue weighted by Gasteiger charge is 2.19. The normalized spacial score (nSPS) is 18.4. The topological polar surface area (TPSA) is 12.0 Å². The molecule has 124 valence electrons. The van der Waals surface area contributed by atoms with E-state index in [-0.39, 0.29) is 6.04 Å². The Hall–Kier alpha value is -2.28. The second-order valence-electron chi connectivity index (χ2n) is 6.88. The summed E-state index contributed by atoms with van der Waals surface area (Å²) in [5, 5.41) is 3.65. The fourth-order valence-corrected chi connectivity index (χ4v) is 3.47. The van der Waals surface area contributed by atoms with Crippen molar-refractivity contribution < 1.29 is 0 Å². The molecule has 1 unspecified atom stereocenters. The average molecular weight is 317 g/mol. The fourth-order valence-electron chi connectivity index (χ4n) is 3.47. The molecule has 1 heterocycles. The molecule has 0 aliphatic carbocycles. The zero-order chi connectivity index (χ0) is 17.1. The molecule has 1 N–H and O–H groups in total. The molecule has 0 fully saturated rings. The maximum atomic E-state index is 3.65. The molecule has 2 aromatic carbocycles. The van der Waals surface area contributed by atoms with Crippen molar-refractivity contribution in [2.45, 2.75) is 46.1 Å². The van der Waals surface area contributed by atoms with Gasteiger partial charge in [0.15, 0.2) is 0 Å². The highest BCUT2D eigenvalue weighted by Crippen LogP contribution is 2.34. The van der Waals surface area contributed by atoms with Crippen LogP contribution in [0.5, 0.6) is 0 Å². The van der Waals surface area contributed by atoms with Crippen LogP contribution in [-0.4, -0.2) is 0 Å². The minimum atomic E-state index is 0.252. The van der Waals surface area contributed by atoms with Gasteiger partial charge in [-0.1, -0.05) is 68.0 Å². The molecule has 0 saturated carbocycles. The third kappa shape index (κ3) is 3.46.